The highest BCUT2D eigenvalue weighted by atomic mass is 16.5. The summed E-state index contributed by atoms with van der Waals surface area (Å²) in [6.07, 6.45) is 2.20. The number of aliphatic imine (C=N–C) groups is 1. The van der Waals surface area contributed by atoms with Crippen molar-refractivity contribution in [3.63, 3.8) is 0 Å². The molecule has 0 spiro atoms. The van der Waals surface area contributed by atoms with Gasteiger partial charge in [0.15, 0.2) is 0 Å². The third-order valence-corrected chi connectivity index (χ3v) is 1.95. The highest BCUT2D eigenvalue weighted by Gasteiger charge is 1.95. The van der Waals surface area contributed by atoms with Crippen LogP contribution in [0, 0.1) is 0 Å². The van der Waals surface area contributed by atoms with Gasteiger partial charge in [-0.3, -0.25) is 0 Å². The van der Waals surface area contributed by atoms with E-state index >= 15 is 0 Å². The highest BCUT2D eigenvalue weighted by molar-refractivity contribution is 6.23. The van der Waals surface area contributed by atoms with Crippen LogP contribution in [0.5, 0.6) is 0 Å². The van der Waals surface area contributed by atoms with Crippen molar-refractivity contribution in [2.45, 2.75) is 20.3 Å². The van der Waals surface area contributed by atoms with E-state index in [1.54, 1.807) is 6.92 Å². The zero-order valence-electron chi connectivity index (χ0n) is 9.06. The van der Waals surface area contributed by atoms with Gasteiger partial charge in [-0.25, -0.2) is 9.79 Å². The van der Waals surface area contributed by atoms with Gasteiger partial charge in [-0.05, 0) is 31.0 Å². The monoisotopic (exact) mass is 205 g/mol. The Morgan fingerprint density at radius 1 is 1.33 bits per heavy atom. The van der Waals surface area contributed by atoms with Crippen molar-refractivity contribution < 1.29 is 9.53 Å². The Hall–Kier alpha value is -1.64. The zero-order valence-corrected chi connectivity index (χ0v) is 9.06. The Balaban J connectivity index is 2.60. The molecule has 0 bridgehead atoms. The van der Waals surface area contributed by atoms with Gasteiger partial charge in [0.05, 0.1) is 12.3 Å². The number of benzene rings is 1. The molecule has 15 heavy (non-hydrogen) atoms. The Kier molecular flexibility index (Phi) is 4.54. The van der Waals surface area contributed by atoms with Crippen LogP contribution in [0.3, 0.4) is 0 Å². The molecule has 3 nitrogen and oxygen atoms in total. The molecule has 0 radical (unpaired) electrons. The van der Waals surface area contributed by atoms with Crippen LogP contribution in [-0.2, 0) is 16.0 Å². The minimum atomic E-state index is -0.405. The maximum absolute atomic E-state index is 11.0. The molecule has 0 atom stereocenters. The minimum Gasteiger partial charge on any atom is -0.462 e. The molecular weight excluding hydrogens is 190 g/mol. The summed E-state index contributed by atoms with van der Waals surface area (Å²) in [4.78, 5) is 15.0. The summed E-state index contributed by atoms with van der Waals surface area (Å²) in [7, 11) is 0. The molecule has 1 aromatic rings. The van der Waals surface area contributed by atoms with Crippen molar-refractivity contribution in [3.05, 3.63) is 29.8 Å². The molecule has 0 aromatic heterocycles. The summed E-state index contributed by atoms with van der Waals surface area (Å²) in [5, 5.41) is 0. The largest absolute Gasteiger partial charge is 0.462 e. The quantitative estimate of drug-likeness (QED) is 0.559. The topological polar surface area (TPSA) is 38.7 Å². The summed E-state index contributed by atoms with van der Waals surface area (Å²) in [5.74, 6) is -0.405. The Morgan fingerprint density at radius 2 is 2.00 bits per heavy atom. The van der Waals surface area contributed by atoms with Crippen LogP contribution in [-0.4, -0.2) is 18.8 Å². The lowest BCUT2D eigenvalue weighted by molar-refractivity contribution is -0.134. The first-order valence-corrected chi connectivity index (χ1v) is 5.06. The van der Waals surface area contributed by atoms with E-state index in [-0.39, 0.29) is 0 Å². The van der Waals surface area contributed by atoms with Gasteiger partial charge in [-0.15, -0.1) is 0 Å². The molecule has 0 heterocycles. The fourth-order valence-corrected chi connectivity index (χ4v) is 1.12. The van der Waals surface area contributed by atoms with Crippen LogP contribution in [0.25, 0.3) is 0 Å². The number of nitrogens with zero attached hydrogens (tertiary/aromatic N) is 1. The Labute approximate surface area is 89.8 Å². The van der Waals surface area contributed by atoms with E-state index < -0.39 is 5.97 Å². The van der Waals surface area contributed by atoms with Gasteiger partial charge < -0.3 is 4.74 Å². The number of carbonyl (C=O) groups is 1. The standard InChI is InChI=1S/C12H15NO2/c1-3-10-5-7-11(8-6-10)13-9-12(14)15-4-2/h5-9H,3-4H2,1-2H3. The van der Waals surface area contributed by atoms with Gasteiger partial charge in [0.2, 0.25) is 0 Å². The fraction of sp³-hybridized carbons (Fsp3) is 0.333. The lowest BCUT2D eigenvalue weighted by Crippen LogP contribution is -2.04. The van der Waals surface area contributed by atoms with Crippen LogP contribution in [0.15, 0.2) is 29.3 Å². The maximum atomic E-state index is 11.0. The van der Waals surface area contributed by atoms with Crippen LogP contribution in [0.2, 0.25) is 0 Å². The van der Waals surface area contributed by atoms with Crippen molar-refractivity contribution >= 4 is 17.9 Å². The number of esters is 1. The molecule has 80 valence electrons. The molecule has 1 rings (SSSR count). The molecule has 0 aliphatic heterocycles. The van der Waals surface area contributed by atoms with E-state index in [9.17, 15) is 4.79 Å². The smallest absolute Gasteiger partial charge is 0.349 e. The van der Waals surface area contributed by atoms with Gasteiger partial charge in [-0.2, -0.15) is 0 Å². The van der Waals surface area contributed by atoms with Crippen molar-refractivity contribution in [1.29, 1.82) is 0 Å². The number of carbonyl (C=O) groups excluding carboxylic acids is 1. The second-order valence-electron chi connectivity index (χ2n) is 3.03. The van der Waals surface area contributed by atoms with Crippen molar-refractivity contribution in [2.75, 3.05) is 6.61 Å². The summed E-state index contributed by atoms with van der Waals surface area (Å²) in [6.45, 7) is 4.23. The normalized spacial score (nSPS) is 10.5. The molecular formula is C12H15NO2. The van der Waals surface area contributed by atoms with Crippen LogP contribution < -0.4 is 0 Å². The maximum Gasteiger partial charge on any atom is 0.349 e. The predicted molar refractivity (Wildman–Crippen MR) is 60.6 cm³/mol. The number of hydrogen-bond acceptors (Lipinski definition) is 3. The van der Waals surface area contributed by atoms with Crippen LogP contribution in [0.1, 0.15) is 19.4 Å². The van der Waals surface area contributed by atoms with E-state index in [4.69, 9.17) is 4.74 Å². The number of rotatable bonds is 4. The highest BCUT2D eigenvalue weighted by Crippen LogP contribution is 2.12. The zero-order chi connectivity index (χ0) is 11.1. The van der Waals surface area contributed by atoms with Crippen LogP contribution in [0.4, 0.5) is 5.69 Å². The van der Waals surface area contributed by atoms with E-state index in [2.05, 4.69) is 11.9 Å². The molecule has 3 heteroatoms. The average molecular weight is 205 g/mol. The molecule has 0 aliphatic carbocycles. The Morgan fingerprint density at radius 3 is 2.53 bits per heavy atom. The first-order valence-electron chi connectivity index (χ1n) is 5.06. The molecule has 0 fully saturated rings. The van der Waals surface area contributed by atoms with Gasteiger partial charge in [-0.1, -0.05) is 19.1 Å². The third kappa shape index (κ3) is 3.94. The molecule has 1 aromatic carbocycles. The third-order valence-electron chi connectivity index (χ3n) is 1.95. The van der Waals surface area contributed by atoms with Crippen molar-refractivity contribution in [3.8, 4) is 0 Å². The average Bonchev–Trinajstić information content (AvgIpc) is 2.27. The summed E-state index contributed by atoms with van der Waals surface area (Å²) in [5.41, 5.74) is 2.02. The van der Waals surface area contributed by atoms with Gasteiger partial charge in [0.25, 0.3) is 0 Å². The molecule has 0 aliphatic rings. The number of ether oxygens (including phenoxy) is 1. The molecule has 0 N–H and O–H groups in total. The lowest BCUT2D eigenvalue weighted by Gasteiger charge is -1.97. The van der Waals surface area contributed by atoms with Gasteiger partial charge >= 0.3 is 5.97 Å². The van der Waals surface area contributed by atoms with Gasteiger partial charge in [0, 0.05) is 0 Å². The van der Waals surface area contributed by atoms with Crippen molar-refractivity contribution in [2.24, 2.45) is 4.99 Å². The summed E-state index contributed by atoms with van der Waals surface area (Å²) in [6, 6.07) is 7.76. The molecule has 0 saturated heterocycles. The summed E-state index contributed by atoms with van der Waals surface area (Å²) >= 11 is 0. The summed E-state index contributed by atoms with van der Waals surface area (Å²) < 4.78 is 4.72. The molecule has 0 amide bonds. The lowest BCUT2D eigenvalue weighted by atomic mass is 10.2. The SMILES string of the molecule is CCOC(=O)C=Nc1ccc(CC)cc1. The Bertz CT molecular complexity index is 341. The predicted octanol–water partition coefficient (Wildman–Crippen LogP) is 2.51. The minimum absolute atomic E-state index is 0.375. The first kappa shape index (κ1) is 11.4. The van der Waals surface area contributed by atoms with E-state index in [0.29, 0.717) is 6.61 Å². The fourth-order valence-electron chi connectivity index (χ4n) is 1.12. The van der Waals surface area contributed by atoms with E-state index in [0.717, 1.165) is 12.1 Å². The van der Waals surface area contributed by atoms with Gasteiger partial charge in [0.1, 0.15) is 6.21 Å². The number of hydrogen-bond donors (Lipinski definition) is 0. The second kappa shape index (κ2) is 5.96. The first-order chi connectivity index (χ1) is 7.26. The van der Waals surface area contributed by atoms with Crippen molar-refractivity contribution in [1.82, 2.24) is 0 Å². The molecule has 0 saturated carbocycles. The van der Waals surface area contributed by atoms with Crippen LogP contribution >= 0.6 is 0 Å². The number of aryl methyl sites for hydroxylation is 1. The molecule has 0 unspecified atom stereocenters. The second-order valence-corrected chi connectivity index (χ2v) is 3.03. The van der Waals surface area contributed by atoms with E-state index in [1.165, 1.54) is 11.8 Å². The van der Waals surface area contributed by atoms with E-state index in [1.807, 2.05) is 24.3 Å².